The lowest BCUT2D eigenvalue weighted by atomic mass is 10.1. The third-order valence-corrected chi connectivity index (χ3v) is 4.56. The lowest BCUT2D eigenvalue weighted by Gasteiger charge is -2.34. The lowest BCUT2D eigenvalue weighted by molar-refractivity contribution is 0.0263. The minimum absolute atomic E-state index is 0. The van der Waals surface area contributed by atoms with Crippen molar-refractivity contribution in [2.45, 2.75) is 32.4 Å². The molecule has 0 atom stereocenters. The highest BCUT2D eigenvalue weighted by Gasteiger charge is 2.21. The average Bonchev–Trinajstić information content (AvgIpc) is 2.64. The highest BCUT2D eigenvalue weighted by Crippen LogP contribution is 2.18. The Labute approximate surface area is 181 Å². The molecule has 0 aliphatic carbocycles. The molecule has 1 N–H and O–H groups in total. The minimum Gasteiger partial charge on any atom is -0.492 e. The molecule has 0 bridgehead atoms. The standard InChI is InChI=1S/C20H34N4O2.HI/c1-5-25-18-10-12-24(13-11-18)20(21-2)22-16-17-8-6-7-9-19(17)26-15-14-23(3)4;/h6-9,18H,5,10-16H2,1-4H3,(H,21,22);1H. The molecule has 27 heavy (non-hydrogen) atoms. The number of likely N-dealkylation sites (N-methyl/N-ethyl adjacent to an activating group) is 1. The molecule has 0 radical (unpaired) electrons. The van der Waals surface area contributed by atoms with E-state index in [-0.39, 0.29) is 24.0 Å². The van der Waals surface area contributed by atoms with Crippen molar-refractivity contribution in [3.63, 3.8) is 0 Å². The number of guanidine groups is 1. The van der Waals surface area contributed by atoms with Crippen LogP contribution in [0.15, 0.2) is 29.3 Å². The maximum atomic E-state index is 5.95. The molecule has 2 rings (SSSR count). The number of nitrogens with zero attached hydrogens (tertiary/aromatic N) is 3. The monoisotopic (exact) mass is 490 g/mol. The van der Waals surface area contributed by atoms with Gasteiger partial charge in [0.05, 0.1) is 6.10 Å². The predicted octanol–water partition coefficient (Wildman–Crippen LogP) is 2.82. The summed E-state index contributed by atoms with van der Waals surface area (Å²) >= 11 is 0. The topological polar surface area (TPSA) is 49.3 Å². The third kappa shape index (κ3) is 8.23. The van der Waals surface area contributed by atoms with Gasteiger partial charge in [-0.05, 0) is 39.9 Å². The molecule has 6 nitrogen and oxygen atoms in total. The van der Waals surface area contributed by atoms with Crippen LogP contribution >= 0.6 is 24.0 Å². The van der Waals surface area contributed by atoms with Crippen LogP contribution in [-0.4, -0.2) is 75.9 Å². The van der Waals surface area contributed by atoms with E-state index in [0.29, 0.717) is 19.3 Å². The number of aliphatic imine (C=N–C) groups is 1. The Hall–Kier alpha value is -1.06. The summed E-state index contributed by atoms with van der Waals surface area (Å²) in [5.41, 5.74) is 1.15. The second-order valence-corrected chi connectivity index (χ2v) is 6.80. The maximum Gasteiger partial charge on any atom is 0.193 e. The zero-order chi connectivity index (χ0) is 18.8. The van der Waals surface area contributed by atoms with E-state index in [4.69, 9.17) is 9.47 Å². The fourth-order valence-electron chi connectivity index (χ4n) is 3.11. The van der Waals surface area contributed by atoms with Crippen molar-refractivity contribution in [2.24, 2.45) is 4.99 Å². The van der Waals surface area contributed by atoms with Gasteiger partial charge in [0.25, 0.3) is 0 Å². The molecule has 1 aliphatic rings. The first-order valence-corrected chi connectivity index (χ1v) is 9.56. The van der Waals surface area contributed by atoms with E-state index < -0.39 is 0 Å². The molecule has 1 aromatic carbocycles. The lowest BCUT2D eigenvalue weighted by Crippen LogP contribution is -2.46. The molecular formula is C20H35IN4O2. The highest BCUT2D eigenvalue weighted by atomic mass is 127. The summed E-state index contributed by atoms with van der Waals surface area (Å²) in [5, 5.41) is 3.49. The fraction of sp³-hybridized carbons (Fsp3) is 0.650. The van der Waals surface area contributed by atoms with Crippen molar-refractivity contribution in [3.8, 4) is 5.75 Å². The first kappa shape index (κ1) is 24.0. The van der Waals surface area contributed by atoms with Crippen LogP contribution in [0.25, 0.3) is 0 Å². The van der Waals surface area contributed by atoms with Gasteiger partial charge < -0.3 is 24.6 Å². The number of hydrogen-bond acceptors (Lipinski definition) is 4. The first-order chi connectivity index (χ1) is 12.6. The van der Waals surface area contributed by atoms with Gasteiger partial charge in [0.15, 0.2) is 5.96 Å². The SMILES string of the molecule is CCOC1CCN(C(=NC)NCc2ccccc2OCCN(C)C)CC1.I. The normalized spacial score (nSPS) is 15.6. The maximum absolute atomic E-state index is 5.95. The highest BCUT2D eigenvalue weighted by molar-refractivity contribution is 14.0. The van der Waals surface area contributed by atoms with Crippen LogP contribution in [-0.2, 0) is 11.3 Å². The van der Waals surface area contributed by atoms with Crippen molar-refractivity contribution in [2.75, 3.05) is 54.0 Å². The zero-order valence-corrected chi connectivity index (χ0v) is 19.4. The quantitative estimate of drug-likeness (QED) is 0.345. The number of halogens is 1. The van der Waals surface area contributed by atoms with Crippen molar-refractivity contribution >= 4 is 29.9 Å². The van der Waals surface area contributed by atoms with E-state index in [9.17, 15) is 0 Å². The molecule has 1 aliphatic heterocycles. The molecular weight excluding hydrogens is 455 g/mol. The largest absolute Gasteiger partial charge is 0.492 e. The van der Waals surface area contributed by atoms with E-state index >= 15 is 0 Å². The Morgan fingerprint density at radius 3 is 2.59 bits per heavy atom. The van der Waals surface area contributed by atoms with Crippen LogP contribution in [0.4, 0.5) is 0 Å². The number of piperidine rings is 1. The molecule has 0 spiro atoms. The molecule has 154 valence electrons. The number of nitrogens with one attached hydrogen (secondary N) is 1. The molecule has 0 unspecified atom stereocenters. The Bertz CT molecular complexity index is 561. The summed E-state index contributed by atoms with van der Waals surface area (Å²) in [6.07, 6.45) is 2.50. The summed E-state index contributed by atoms with van der Waals surface area (Å²) in [6.45, 7) is 7.10. The van der Waals surface area contributed by atoms with E-state index in [2.05, 4.69) is 47.2 Å². The van der Waals surface area contributed by atoms with Gasteiger partial charge in [0.2, 0.25) is 0 Å². The summed E-state index contributed by atoms with van der Waals surface area (Å²) in [5.74, 6) is 1.88. The van der Waals surface area contributed by atoms with Crippen LogP contribution in [0.2, 0.25) is 0 Å². The summed E-state index contributed by atoms with van der Waals surface area (Å²) in [4.78, 5) is 8.89. The van der Waals surface area contributed by atoms with E-state index in [1.807, 2.05) is 25.2 Å². The molecule has 0 aromatic heterocycles. The van der Waals surface area contributed by atoms with Gasteiger partial charge >= 0.3 is 0 Å². The first-order valence-electron chi connectivity index (χ1n) is 9.56. The number of rotatable bonds is 8. The van der Waals surface area contributed by atoms with Crippen LogP contribution in [0.3, 0.4) is 0 Å². The van der Waals surface area contributed by atoms with Crippen molar-refractivity contribution in [3.05, 3.63) is 29.8 Å². The molecule has 0 saturated carbocycles. The fourth-order valence-corrected chi connectivity index (χ4v) is 3.11. The van der Waals surface area contributed by atoms with E-state index in [0.717, 1.165) is 56.4 Å². The van der Waals surface area contributed by atoms with Gasteiger partial charge in [0.1, 0.15) is 12.4 Å². The molecule has 1 fully saturated rings. The van der Waals surface area contributed by atoms with Crippen molar-refractivity contribution in [1.82, 2.24) is 15.1 Å². The van der Waals surface area contributed by atoms with Crippen LogP contribution in [0.1, 0.15) is 25.3 Å². The van der Waals surface area contributed by atoms with Crippen molar-refractivity contribution < 1.29 is 9.47 Å². The average molecular weight is 490 g/mol. The molecule has 1 aromatic rings. The number of ether oxygens (including phenoxy) is 2. The second kappa shape index (κ2) is 13.2. The van der Waals surface area contributed by atoms with Gasteiger partial charge in [-0.1, -0.05) is 18.2 Å². The summed E-state index contributed by atoms with van der Waals surface area (Å²) in [7, 11) is 5.95. The Balaban J connectivity index is 0.00000364. The summed E-state index contributed by atoms with van der Waals surface area (Å²) in [6, 6.07) is 8.20. The zero-order valence-electron chi connectivity index (χ0n) is 17.1. The van der Waals surface area contributed by atoms with Gasteiger partial charge in [-0.3, -0.25) is 4.99 Å². The molecule has 1 heterocycles. The van der Waals surface area contributed by atoms with E-state index in [1.165, 1.54) is 0 Å². The molecule has 0 amide bonds. The molecule has 7 heteroatoms. The summed E-state index contributed by atoms with van der Waals surface area (Å²) < 4.78 is 11.7. The Kier molecular flexibility index (Phi) is 11.7. The van der Waals surface area contributed by atoms with Gasteiger partial charge in [0, 0.05) is 45.4 Å². The number of para-hydroxylation sites is 1. The second-order valence-electron chi connectivity index (χ2n) is 6.80. The number of hydrogen-bond donors (Lipinski definition) is 1. The Morgan fingerprint density at radius 2 is 1.96 bits per heavy atom. The van der Waals surface area contributed by atoms with Gasteiger partial charge in [-0.25, -0.2) is 0 Å². The number of likely N-dealkylation sites (tertiary alicyclic amines) is 1. The predicted molar refractivity (Wildman–Crippen MR) is 122 cm³/mol. The van der Waals surface area contributed by atoms with E-state index in [1.54, 1.807) is 0 Å². The minimum atomic E-state index is 0. The smallest absolute Gasteiger partial charge is 0.193 e. The van der Waals surface area contributed by atoms with Crippen LogP contribution in [0.5, 0.6) is 5.75 Å². The van der Waals surface area contributed by atoms with Gasteiger partial charge in [-0.15, -0.1) is 24.0 Å². The Morgan fingerprint density at radius 1 is 1.26 bits per heavy atom. The molecule has 1 saturated heterocycles. The van der Waals surface area contributed by atoms with Crippen LogP contribution in [0, 0.1) is 0 Å². The van der Waals surface area contributed by atoms with Crippen LogP contribution < -0.4 is 10.1 Å². The van der Waals surface area contributed by atoms with Gasteiger partial charge in [-0.2, -0.15) is 0 Å². The number of benzene rings is 1. The third-order valence-electron chi connectivity index (χ3n) is 4.56. The van der Waals surface area contributed by atoms with Crippen molar-refractivity contribution in [1.29, 1.82) is 0 Å².